The Hall–Kier alpha value is -1.28. The largest absolute Gasteiger partial charge is 0.461 e. The third-order valence-electron chi connectivity index (χ3n) is 4.04. The lowest BCUT2D eigenvalue weighted by molar-refractivity contribution is 0.126. The highest BCUT2D eigenvalue weighted by atomic mass is 16.3. The zero-order chi connectivity index (χ0) is 12.5. The van der Waals surface area contributed by atoms with E-state index in [-0.39, 0.29) is 12.0 Å². The SMILES string of the molecule is Cc1ccc2oc(C3CCCCCC3O)cc2c1. The summed E-state index contributed by atoms with van der Waals surface area (Å²) in [5.41, 5.74) is 2.18. The maximum atomic E-state index is 10.2. The molecule has 0 amide bonds. The predicted molar refractivity (Wildman–Crippen MR) is 72.8 cm³/mol. The van der Waals surface area contributed by atoms with Gasteiger partial charge in [0.1, 0.15) is 11.3 Å². The molecule has 1 aromatic carbocycles. The average molecular weight is 244 g/mol. The predicted octanol–water partition coefficient (Wildman–Crippen LogP) is 4.15. The molecule has 0 bridgehead atoms. The second kappa shape index (κ2) is 4.77. The van der Waals surface area contributed by atoms with Crippen molar-refractivity contribution < 1.29 is 9.52 Å². The summed E-state index contributed by atoms with van der Waals surface area (Å²) >= 11 is 0. The molecule has 0 radical (unpaired) electrons. The first-order chi connectivity index (χ1) is 8.74. The fourth-order valence-corrected chi connectivity index (χ4v) is 2.99. The summed E-state index contributed by atoms with van der Waals surface area (Å²) in [4.78, 5) is 0. The fourth-order valence-electron chi connectivity index (χ4n) is 2.99. The van der Waals surface area contributed by atoms with Crippen LogP contribution in [0.2, 0.25) is 0 Å². The van der Waals surface area contributed by atoms with E-state index in [0.29, 0.717) is 0 Å². The van der Waals surface area contributed by atoms with E-state index < -0.39 is 0 Å². The number of furan rings is 1. The van der Waals surface area contributed by atoms with E-state index in [0.717, 1.165) is 36.0 Å². The quantitative estimate of drug-likeness (QED) is 0.764. The Morgan fingerprint density at radius 1 is 1.11 bits per heavy atom. The summed E-state index contributed by atoms with van der Waals surface area (Å²) < 4.78 is 5.93. The van der Waals surface area contributed by atoms with Gasteiger partial charge in [-0.2, -0.15) is 0 Å². The van der Waals surface area contributed by atoms with E-state index in [9.17, 15) is 5.11 Å². The molecule has 1 aromatic heterocycles. The van der Waals surface area contributed by atoms with Gasteiger partial charge < -0.3 is 9.52 Å². The molecule has 0 spiro atoms. The van der Waals surface area contributed by atoms with Gasteiger partial charge in [0, 0.05) is 11.3 Å². The van der Waals surface area contributed by atoms with Gasteiger partial charge in [0.15, 0.2) is 0 Å². The molecule has 1 aliphatic carbocycles. The van der Waals surface area contributed by atoms with E-state index >= 15 is 0 Å². The number of aryl methyl sites for hydroxylation is 1. The van der Waals surface area contributed by atoms with E-state index in [4.69, 9.17) is 4.42 Å². The highest BCUT2D eigenvalue weighted by molar-refractivity contribution is 5.78. The second-order valence-electron chi connectivity index (χ2n) is 5.50. The zero-order valence-electron chi connectivity index (χ0n) is 10.9. The van der Waals surface area contributed by atoms with Crippen LogP contribution in [0.4, 0.5) is 0 Å². The highest BCUT2D eigenvalue weighted by Crippen LogP contribution is 2.35. The van der Waals surface area contributed by atoms with Crippen molar-refractivity contribution in [3.05, 3.63) is 35.6 Å². The molecule has 2 unspecified atom stereocenters. The molecule has 2 heteroatoms. The van der Waals surface area contributed by atoms with Crippen LogP contribution < -0.4 is 0 Å². The molecule has 1 fully saturated rings. The number of hydrogen-bond donors (Lipinski definition) is 1. The normalized spacial score (nSPS) is 25.2. The molecule has 1 N–H and O–H groups in total. The Morgan fingerprint density at radius 2 is 1.94 bits per heavy atom. The van der Waals surface area contributed by atoms with Crippen LogP contribution in [0, 0.1) is 6.92 Å². The van der Waals surface area contributed by atoms with Crippen LogP contribution in [-0.2, 0) is 0 Å². The molecule has 0 aliphatic heterocycles. The van der Waals surface area contributed by atoms with Crippen molar-refractivity contribution >= 4 is 11.0 Å². The van der Waals surface area contributed by atoms with E-state index in [1.54, 1.807) is 0 Å². The number of benzene rings is 1. The van der Waals surface area contributed by atoms with Gasteiger partial charge in [0.2, 0.25) is 0 Å². The van der Waals surface area contributed by atoms with E-state index in [1.165, 1.54) is 18.4 Å². The summed E-state index contributed by atoms with van der Waals surface area (Å²) in [7, 11) is 0. The first-order valence-electron chi connectivity index (χ1n) is 6.92. The third-order valence-corrected chi connectivity index (χ3v) is 4.04. The van der Waals surface area contributed by atoms with Gasteiger partial charge in [0.05, 0.1) is 6.10 Å². The molecule has 1 aliphatic rings. The van der Waals surface area contributed by atoms with Crippen LogP contribution in [0.25, 0.3) is 11.0 Å². The number of rotatable bonds is 1. The minimum absolute atomic E-state index is 0.181. The molecule has 0 saturated heterocycles. The van der Waals surface area contributed by atoms with Crippen LogP contribution in [0.5, 0.6) is 0 Å². The van der Waals surface area contributed by atoms with Crippen LogP contribution in [-0.4, -0.2) is 11.2 Å². The van der Waals surface area contributed by atoms with Crippen LogP contribution >= 0.6 is 0 Å². The highest BCUT2D eigenvalue weighted by Gasteiger charge is 2.26. The van der Waals surface area contributed by atoms with Crippen molar-refractivity contribution in [2.24, 2.45) is 0 Å². The van der Waals surface area contributed by atoms with Crippen molar-refractivity contribution in [2.75, 3.05) is 0 Å². The maximum absolute atomic E-state index is 10.2. The minimum Gasteiger partial charge on any atom is -0.461 e. The summed E-state index contributed by atoms with van der Waals surface area (Å²) in [6.07, 6.45) is 5.26. The standard InChI is InChI=1S/C16H20O2/c1-11-7-8-15-12(9-11)10-16(18-15)13-5-3-2-4-6-14(13)17/h7-10,13-14,17H,2-6H2,1H3. The number of aliphatic hydroxyl groups is 1. The average Bonchev–Trinajstić information content (AvgIpc) is 2.63. The number of hydrogen-bond acceptors (Lipinski definition) is 2. The van der Waals surface area contributed by atoms with E-state index in [1.807, 2.05) is 6.07 Å². The Morgan fingerprint density at radius 3 is 2.83 bits per heavy atom. The summed E-state index contributed by atoms with van der Waals surface area (Å²) in [5.74, 6) is 1.14. The second-order valence-corrected chi connectivity index (χ2v) is 5.50. The van der Waals surface area contributed by atoms with Gasteiger partial charge in [0.25, 0.3) is 0 Å². The van der Waals surface area contributed by atoms with Crippen molar-refractivity contribution in [1.82, 2.24) is 0 Å². The fraction of sp³-hybridized carbons (Fsp3) is 0.500. The monoisotopic (exact) mass is 244 g/mol. The van der Waals surface area contributed by atoms with Crippen molar-refractivity contribution in [1.29, 1.82) is 0 Å². The summed E-state index contributed by atoms with van der Waals surface area (Å²) in [6.45, 7) is 2.09. The minimum atomic E-state index is -0.242. The first kappa shape index (κ1) is 11.8. The molecule has 1 saturated carbocycles. The molecule has 2 atom stereocenters. The summed E-state index contributed by atoms with van der Waals surface area (Å²) in [5, 5.41) is 11.4. The lowest BCUT2D eigenvalue weighted by Crippen LogP contribution is -2.16. The Balaban J connectivity index is 1.97. The third kappa shape index (κ3) is 2.17. The molecule has 18 heavy (non-hydrogen) atoms. The van der Waals surface area contributed by atoms with Crippen LogP contribution in [0.15, 0.2) is 28.7 Å². The topological polar surface area (TPSA) is 33.4 Å². The maximum Gasteiger partial charge on any atom is 0.134 e. The molecule has 2 aromatic rings. The van der Waals surface area contributed by atoms with Crippen LogP contribution in [0.1, 0.15) is 49.3 Å². The van der Waals surface area contributed by atoms with Gasteiger partial charge in [-0.05, 0) is 38.0 Å². The Labute approximate surface area is 108 Å². The molecule has 2 nitrogen and oxygen atoms in total. The lowest BCUT2D eigenvalue weighted by Gasteiger charge is -2.17. The van der Waals surface area contributed by atoms with Gasteiger partial charge >= 0.3 is 0 Å². The smallest absolute Gasteiger partial charge is 0.134 e. The van der Waals surface area contributed by atoms with Crippen LogP contribution in [0.3, 0.4) is 0 Å². The Bertz CT molecular complexity index is 541. The van der Waals surface area contributed by atoms with Gasteiger partial charge in [-0.15, -0.1) is 0 Å². The van der Waals surface area contributed by atoms with Gasteiger partial charge in [-0.25, -0.2) is 0 Å². The first-order valence-corrected chi connectivity index (χ1v) is 6.92. The molecule has 1 heterocycles. The molecular weight excluding hydrogens is 224 g/mol. The summed E-state index contributed by atoms with van der Waals surface area (Å²) in [6, 6.07) is 8.35. The van der Waals surface area contributed by atoms with Gasteiger partial charge in [-0.1, -0.05) is 30.9 Å². The number of fused-ring (bicyclic) bond motifs is 1. The zero-order valence-corrected chi connectivity index (χ0v) is 10.9. The molecule has 96 valence electrons. The number of aliphatic hydroxyl groups excluding tert-OH is 1. The van der Waals surface area contributed by atoms with Crippen molar-refractivity contribution in [2.45, 2.75) is 51.0 Å². The Kier molecular flexibility index (Phi) is 3.13. The molecule has 3 rings (SSSR count). The van der Waals surface area contributed by atoms with Crippen molar-refractivity contribution in [3.63, 3.8) is 0 Å². The van der Waals surface area contributed by atoms with E-state index in [2.05, 4.69) is 25.1 Å². The van der Waals surface area contributed by atoms with Gasteiger partial charge in [-0.3, -0.25) is 0 Å². The lowest BCUT2D eigenvalue weighted by atomic mass is 9.94. The molecular formula is C16H20O2. The van der Waals surface area contributed by atoms with Crippen molar-refractivity contribution in [3.8, 4) is 0 Å².